The van der Waals surface area contributed by atoms with E-state index in [4.69, 9.17) is 4.42 Å². The molecule has 0 aliphatic carbocycles. The summed E-state index contributed by atoms with van der Waals surface area (Å²) < 4.78 is 6.90. The molecule has 2 amide bonds. The predicted octanol–water partition coefficient (Wildman–Crippen LogP) is 2.45. The highest BCUT2D eigenvalue weighted by atomic mass is 32.1. The van der Waals surface area contributed by atoms with Gasteiger partial charge in [-0.25, -0.2) is 4.98 Å². The molecule has 0 unspecified atom stereocenters. The molecular weight excluding hydrogens is 376 g/mol. The smallest absolute Gasteiger partial charge is 0.289 e. The number of carbonyl (C=O) groups excluding carboxylic acids is 2. The number of fused-ring (bicyclic) bond motifs is 1. The number of piperazine rings is 1. The highest BCUT2D eigenvalue weighted by Gasteiger charge is 2.25. The summed E-state index contributed by atoms with van der Waals surface area (Å²) in [5.74, 6) is 0.838. The molecule has 7 nitrogen and oxygen atoms in total. The van der Waals surface area contributed by atoms with Crippen LogP contribution in [0, 0.1) is 0 Å². The Bertz CT molecular complexity index is 955. The van der Waals surface area contributed by atoms with Crippen molar-refractivity contribution in [2.45, 2.75) is 6.92 Å². The zero-order valence-electron chi connectivity index (χ0n) is 15.7. The number of para-hydroxylation sites is 1. The van der Waals surface area contributed by atoms with Crippen molar-refractivity contribution in [1.29, 1.82) is 0 Å². The Morgan fingerprint density at radius 1 is 1.14 bits per heavy atom. The molecule has 0 bridgehead atoms. The number of nitrogens with one attached hydrogen (secondary N) is 1. The van der Waals surface area contributed by atoms with Crippen molar-refractivity contribution in [2.24, 2.45) is 0 Å². The molecular formula is C20H22N4O3S. The molecule has 1 aliphatic heterocycles. The van der Waals surface area contributed by atoms with Crippen LogP contribution in [0.2, 0.25) is 0 Å². The Morgan fingerprint density at radius 3 is 2.68 bits per heavy atom. The number of nitrogens with zero attached hydrogens (tertiary/aromatic N) is 3. The number of hydrogen-bond donors (Lipinski definition) is 1. The quantitative estimate of drug-likeness (QED) is 0.714. The number of rotatable bonds is 5. The second-order valence-electron chi connectivity index (χ2n) is 6.67. The van der Waals surface area contributed by atoms with E-state index in [2.05, 4.69) is 15.2 Å². The lowest BCUT2D eigenvalue weighted by Gasteiger charge is -2.33. The molecule has 1 aliphatic rings. The molecule has 146 valence electrons. The van der Waals surface area contributed by atoms with E-state index in [1.165, 1.54) is 0 Å². The molecule has 2 aromatic heterocycles. The summed E-state index contributed by atoms with van der Waals surface area (Å²) in [6, 6.07) is 11.4. The minimum Gasteiger partial charge on any atom is -0.448 e. The van der Waals surface area contributed by atoms with Gasteiger partial charge in [0, 0.05) is 32.7 Å². The largest absolute Gasteiger partial charge is 0.448 e. The van der Waals surface area contributed by atoms with Crippen LogP contribution in [0.15, 0.2) is 40.8 Å². The van der Waals surface area contributed by atoms with Crippen LogP contribution in [-0.4, -0.2) is 65.9 Å². The van der Waals surface area contributed by atoms with Gasteiger partial charge in [-0.2, -0.15) is 0 Å². The molecule has 0 saturated carbocycles. The van der Waals surface area contributed by atoms with Gasteiger partial charge in [-0.1, -0.05) is 12.1 Å². The van der Waals surface area contributed by atoms with E-state index in [1.807, 2.05) is 31.2 Å². The van der Waals surface area contributed by atoms with Gasteiger partial charge in [0.15, 0.2) is 16.5 Å². The maximum atomic E-state index is 12.8. The summed E-state index contributed by atoms with van der Waals surface area (Å²) in [6.45, 7) is 5.42. The first kappa shape index (κ1) is 18.6. The van der Waals surface area contributed by atoms with E-state index in [0.29, 0.717) is 50.8 Å². The molecule has 28 heavy (non-hydrogen) atoms. The maximum absolute atomic E-state index is 12.8. The third-order valence-corrected chi connectivity index (χ3v) is 5.77. The van der Waals surface area contributed by atoms with Crippen molar-refractivity contribution in [1.82, 2.24) is 20.1 Å². The van der Waals surface area contributed by atoms with Crippen LogP contribution in [0.25, 0.3) is 21.0 Å². The van der Waals surface area contributed by atoms with Crippen molar-refractivity contribution in [3.8, 4) is 10.8 Å². The lowest BCUT2D eigenvalue weighted by molar-refractivity contribution is -0.122. The Labute approximate surface area is 166 Å². The zero-order valence-corrected chi connectivity index (χ0v) is 16.5. The van der Waals surface area contributed by atoms with Crippen LogP contribution in [0.3, 0.4) is 0 Å². The molecule has 4 rings (SSSR count). The van der Waals surface area contributed by atoms with Crippen LogP contribution in [-0.2, 0) is 4.79 Å². The molecule has 1 saturated heterocycles. The lowest BCUT2D eigenvalue weighted by atomic mass is 10.3. The van der Waals surface area contributed by atoms with Crippen molar-refractivity contribution in [2.75, 3.05) is 39.3 Å². The molecule has 1 aromatic carbocycles. The normalized spacial score (nSPS) is 15.1. The van der Waals surface area contributed by atoms with E-state index >= 15 is 0 Å². The number of carbonyl (C=O) groups is 2. The van der Waals surface area contributed by atoms with Gasteiger partial charge >= 0.3 is 0 Å². The Hall–Kier alpha value is -2.71. The Kier molecular flexibility index (Phi) is 5.40. The fourth-order valence-corrected chi connectivity index (χ4v) is 4.19. The Balaban J connectivity index is 1.39. The maximum Gasteiger partial charge on any atom is 0.289 e. The summed E-state index contributed by atoms with van der Waals surface area (Å²) in [5.41, 5.74) is 0.926. The molecule has 1 N–H and O–H groups in total. The fraction of sp³-hybridized carbons (Fsp3) is 0.350. The van der Waals surface area contributed by atoms with Crippen molar-refractivity contribution >= 4 is 33.4 Å². The molecule has 3 heterocycles. The molecule has 3 aromatic rings. The number of benzene rings is 1. The molecule has 8 heteroatoms. The minimum absolute atomic E-state index is 0.0220. The van der Waals surface area contributed by atoms with Crippen LogP contribution < -0.4 is 5.32 Å². The number of thiazole rings is 1. The van der Waals surface area contributed by atoms with Crippen molar-refractivity contribution in [3.63, 3.8) is 0 Å². The van der Waals surface area contributed by atoms with Gasteiger partial charge < -0.3 is 14.6 Å². The van der Waals surface area contributed by atoms with Gasteiger partial charge in [0.05, 0.1) is 16.8 Å². The second-order valence-corrected chi connectivity index (χ2v) is 7.70. The van der Waals surface area contributed by atoms with Crippen LogP contribution in [0.5, 0.6) is 0 Å². The van der Waals surface area contributed by atoms with Gasteiger partial charge in [-0.3, -0.25) is 14.5 Å². The monoisotopic (exact) mass is 398 g/mol. The third kappa shape index (κ3) is 3.93. The average molecular weight is 398 g/mol. The van der Waals surface area contributed by atoms with E-state index in [0.717, 1.165) is 15.2 Å². The van der Waals surface area contributed by atoms with Crippen LogP contribution in [0.4, 0.5) is 0 Å². The van der Waals surface area contributed by atoms with Crippen molar-refractivity contribution in [3.05, 3.63) is 42.2 Å². The summed E-state index contributed by atoms with van der Waals surface area (Å²) in [6.07, 6.45) is 0. The topological polar surface area (TPSA) is 78.7 Å². The molecule has 1 fully saturated rings. The average Bonchev–Trinajstić information content (AvgIpc) is 3.35. The second kappa shape index (κ2) is 8.12. The fourth-order valence-electron chi connectivity index (χ4n) is 3.27. The third-order valence-electron chi connectivity index (χ3n) is 4.72. The predicted molar refractivity (Wildman–Crippen MR) is 108 cm³/mol. The lowest BCUT2D eigenvalue weighted by Crippen LogP contribution is -2.51. The van der Waals surface area contributed by atoms with Gasteiger partial charge in [0.25, 0.3) is 5.91 Å². The molecule has 0 radical (unpaired) electrons. The summed E-state index contributed by atoms with van der Waals surface area (Å²) in [5, 5.41) is 3.57. The summed E-state index contributed by atoms with van der Waals surface area (Å²) >= 11 is 1.55. The highest BCUT2D eigenvalue weighted by Crippen LogP contribution is 2.31. The van der Waals surface area contributed by atoms with Gasteiger partial charge in [0.2, 0.25) is 5.91 Å². The highest BCUT2D eigenvalue weighted by molar-refractivity contribution is 7.21. The number of likely N-dealkylation sites (N-methyl/N-ethyl adjacent to an activating group) is 1. The summed E-state index contributed by atoms with van der Waals surface area (Å²) in [7, 11) is 0. The first-order valence-corrected chi connectivity index (χ1v) is 10.2. The number of hydrogen-bond acceptors (Lipinski definition) is 6. The zero-order chi connectivity index (χ0) is 19.5. The van der Waals surface area contributed by atoms with Crippen LogP contribution in [0.1, 0.15) is 17.5 Å². The first-order chi connectivity index (χ1) is 13.6. The molecule has 0 spiro atoms. The van der Waals surface area contributed by atoms with Crippen molar-refractivity contribution < 1.29 is 14.0 Å². The van der Waals surface area contributed by atoms with E-state index in [-0.39, 0.29) is 11.8 Å². The van der Waals surface area contributed by atoms with E-state index in [9.17, 15) is 9.59 Å². The molecule has 0 atom stereocenters. The Morgan fingerprint density at radius 2 is 1.93 bits per heavy atom. The number of furan rings is 1. The van der Waals surface area contributed by atoms with E-state index < -0.39 is 0 Å². The minimum atomic E-state index is -0.120. The first-order valence-electron chi connectivity index (χ1n) is 9.38. The number of aromatic nitrogens is 1. The van der Waals surface area contributed by atoms with E-state index in [1.54, 1.807) is 28.4 Å². The van der Waals surface area contributed by atoms with Gasteiger partial charge in [-0.05, 0) is 31.2 Å². The standard InChI is InChI=1S/C20H22N4O3S/c1-2-21-18(25)13-23-9-11-24(12-10-23)20(26)16-8-7-15(27-16)19-22-14-5-3-4-6-17(14)28-19/h3-8H,2,9-13H2,1H3,(H,21,25). The van der Waals surface area contributed by atoms with Gasteiger partial charge in [-0.15, -0.1) is 11.3 Å². The van der Waals surface area contributed by atoms with Crippen LogP contribution >= 0.6 is 11.3 Å². The van der Waals surface area contributed by atoms with Gasteiger partial charge in [0.1, 0.15) is 0 Å². The summed E-state index contributed by atoms with van der Waals surface area (Å²) in [4.78, 5) is 32.9. The SMILES string of the molecule is CCNC(=O)CN1CCN(C(=O)c2ccc(-c3nc4ccccc4s3)o2)CC1. The number of amides is 2.